The van der Waals surface area contributed by atoms with Crippen molar-refractivity contribution in [3.63, 3.8) is 0 Å². The molecule has 0 radical (unpaired) electrons. The molecule has 0 saturated heterocycles. The van der Waals surface area contributed by atoms with Crippen LogP contribution in [0.3, 0.4) is 0 Å². The van der Waals surface area contributed by atoms with E-state index in [1.165, 1.54) is 0 Å². The highest BCUT2D eigenvalue weighted by Gasteiger charge is 1.85. The molecular weight excluding hydrogens is 248 g/mol. The van der Waals surface area contributed by atoms with E-state index < -0.39 is 24.8 Å². The van der Waals surface area contributed by atoms with E-state index in [1.807, 2.05) is 0 Å². The molecule has 5 N–H and O–H groups in total. The van der Waals surface area contributed by atoms with Gasteiger partial charge in [0.25, 0.3) is 0 Å². The van der Waals surface area contributed by atoms with Gasteiger partial charge in [-0.25, -0.2) is 0 Å². The van der Waals surface area contributed by atoms with Crippen molar-refractivity contribution >= 4 is 37.2 Å². The van der Waals surface area contributed by atoms with Gasteiger partial charge >= 0.3 is 11.9 Å². The Morgan fingerprint density at radius 3 is 1.13 bits per heavy atom. The first-order chi connectivity index (χ1) is 6.81. The number of hydrogen-bond acceptors (Lipinski definition) is 7. The molecule has 0 unspecified atom stereocenters. The number of aliphatic hydroxyl groups is 3. The molecular formula is C6H14O7S2. The minimum Gasteiger partial charge on any atom is -0.481 e. The predicted octanol–water partition coefficient (Wildman–Crippen LogP) is -1.71. The van der Waals surface area contributed by atoms with Crippen LogP contribution in [0.15, 0.2) is 0 Å². The van der Waals surface area contributed by atoms with Gasteiger partial charge in [0.15, 0.2) is 6.29 Å². The Kier molecular flexibility index (Phi) is 21.3. The average molecular weight is 262 g/mol. The lowest BCUT2D eigenvalue weighted by atomic mass is 10.7. The lowest BCUT2D eigenvalue weighted by Gasteiger charge is -1.89. The van der Waals surface area contributed by atoms with Gasteiger partial charge in [0.05, 0.1) is 18.1 Å². The Balaban J connectivity index is -0.000000144. The van der Waals surface area contributed by atoms with Crippen LogP contribution < -0.4 is 0 Å². The third-order valence-corrected chi connectivity index (χ3v) is 0.975. The topological polar surface area (TPSA) is 135 Å². The molecule has 0 aliphatic heterocycles. The van der Waals surface area contributed by atoms with Gasteiger partial charge in [0, 0.05) is 0 Å². The van der Waals surface area contributed by atoms with Gasteiger partial charge in [-0.1, -0.05) is 0 Å². The zero-order chi connectivity index (χ0) is 12.9. The van der Waals surface area contributed by atoms with Gasteiger partial charge in [0.1, 0.15) is 0 Å². The first-order valence-corrected chi connectivity index (χ1v) is 4.70. The number of aliphatic hydroxyl groups excluding tert-OH is 2. The SMILES string of the molecule is O=C(O)CS.O=C(O)CS.OCC(O)O. The fourth-order valence-electron chi connectivity index (χ4n) is 0. The summed E-state index contributed by atoms with van der Waals surface area (Å²) >= 11 is 6.83. The normalized spacial score (nSPS) is 8.13. The van der Waals surface area contributed by atoms with Crippen molar-refractivity contribution in [1.29, 1.82) is 0 Å². The van der Waals surface area contributed by atoms with Crippen LogP contribution in [0.25, 0.3) is 0 Å². The molecule has 0 aromatic rings. The minimum absolute atomic E-state index is 0.0833. The van der Waals surface area contributed by atoms with Crippen molar-refractivity contribution in [2.75, 3.05) is 18.1 Å². The zero-order valence-electron chi connectivity index (χ0n) is 7.65. The summed E-state index contributed by atoms with van der Waals surface area (Å²) in [5, 5.41) is 38.3. The molecule has 0 atom stereocenters. The third kappa shape index (κ3) is 58.9. The quantitative estimate of drug-likeness (QED) is 0.238. The average Bonchev–Trinajstić information content (AvgIpc) is 2.19. The summed E-state index contributed by atoms with van der Waals surface area (Å²) in [6.45, 7) is -0.583. The smallest absolute Gasteiger partial charge is 0.313 e. The van der Waals surface area contributed by atoms with E-state index in [1.54, 1.807) is 0 Å². The summed E-state index contributed by atoms with van der Waals surface area (Å²) in [6, 6.07) is 0. The van der Waals surface area contributed by atoms with Crippen LogP contribution in [0.1, 0.15) is 0 Å². The molecule has 0 fully saturated rings. The first kappa shape index (κ1) is 20.0. The summed E-state index contributed by atoms with van der Waals surface area (Å²) in [6.07, 6.45) is -1.56. The highest BCUT2D eigenvalue weighted by atomic mass is 32.1. The van der Waals surface area contributed by atoms with Crippen molar-refractivity contribution in [1.82, 2.24) is 0 Å². The molecule has 0 aliphatic rings. The maximum atomic E-state index is 9.29. The molecule has 0 aliphatic carbocycles. The summed E-state index contributed by atoms with van der Waals surface area (Å²) in [5.41, 5.74) is 0. The van der Waals surface area contributed by atoms with E-state index in [9.17, 15) is 9.59 Å². The van der Waals surface area contributed by atoms with E-state index in [0.717, 1.165) is 0 Å². The van der Waals surface area contributed by atoms with Crippen LogP contribution in [0, 0.1) is 0 Å². The van der Waals surface area contributed by atoms with Gasteiger partial charge in [-0.05, 0) is 0 Å². The van der Waals surface area contributed by atoms with Crippen molar-refractivity contribution in [3.05, 3.63) is 0 Å². The largest absolute Gasteiger partial charge is 0.481 e. The Hall–Kier alpha value is -0.480. The first-order valence-electron chi connectivity index (χ1n) is 3.44. The Morgan fingerprint density at radius 1 is 1.00 bits per heavy atom. The maximum Gasteiger partial charge on any atom is 0.313 e. The van der Waals surface area contributed by atoms with Gasteiger partial charge in [0.2, 0.25) is 0 Å². The summed E-state index contributed by atoms with van der Waals surface area (Å²) < 4.78 is 0. The molecule has 0 aromatic carbocycles. The second kappa shape index (κ2) is 16.0. The van der Waals surface area contributed by atoms with Crippen molar-refractivity contribution < 1.29 is 35.1 Å². The Labute approximate surface area is 97.2 Å². The van der Waals surface area contributed by atoms with Gasteiger partial charge in [-0.15, -0.1) is 0 Å². The summed E-state index contributed by atoms with van der Waals surface area (Å²) in [7, 11) is 0. The molecule has 0 saturated carbocycles. The number of thiol groups is 2. The predicted molar refractivity (Wildman–Crippen MR) is 58.3 cm³/mol. The number of carbonyl (C=O) groups is 2. The molecule has 0 spiro atoms. The van der Waals surface area contributed by atoms with Crippen LogP contribution in [0.5, 0.6) is 0 Å². The highest BCUT2D eigenvalue weighted by molar-refractivity contribution is 7.81. The molecule has 0 amide bonds. The van der Waals surface area contributed by atoms with Crippen molar-refractivity contribution in [2.24, 2.45) is 0 Å². The van der Waals surface area contributed by atoms with E-state index in [0.29, 0.717) is 0 Å². The maximum absolute atomic E-state index is 9.29. The number of carboxylic acid groups (broad SMARTS) is 2. The number of hydrogen-bond donors (Lipinski definition) is 7. The van der Waals surface area contributed by atoms with E-state index in [4.69, 9.17) is 25.5 Å². The molecule has 0 rings (SSSR count). The van der Waals surface area contributed by atoms with Crippen LogP contribution in [-0.2, 0) is 9.59 Å². The fraction of sp³-hybridized carbons (Fsp3) is 0.667. The lowest BCUT2D eigenvalue weighted by molar-refractivity contribution is -0.134. The molecule has 15 heavy (non-hydrogen) atoms. The minimum atomic E-state index is -1.56. The number of carboxylic acids is 2. The van der Waals surface area contributed by atoms with Gasteiger partial charge in [-0.3, -0.25) is 9.59 Å². The van der Waals surface area contributed by atoms with Gasteiger partial charge < -0.3 is 25.5 Å². The molecule has 7 nitrogen and oxygen atoms in total. The fourth-order valence-corrected chi connectivity index (χ4v) is 0. The molecule has 92 valence electrons. The van der Waals surface area contributed by atoms with Crippen molar-refractivity contribution in [2.45, 2.75) is 6.29 Å². The van der Waals surface area contributed by atoms with Crippen LogP contribution in [0.2, 0.25) is 0 Å². The monoisotopic (exact) mass is 262 g/mol. The lowest BCUT2D eigenvalue weighted by Crippen LogP contribution is -2.08. The molecule has 0 heterocycles. The highest BCUT2D eigenvalue weighted by Crippen LogP contribution is 1.67. The van der Waals surface area contributed by atoms with Crippen molar-refractivity contribution in [3.8, 4) is 0 Å². The van der Waals surface area contributed by atoms with E-state index >= 15 is 0 Å². The molecule has 0 bridgehead atoms. The van der Waals surface area contributed by atoms with E-state index in [2.05, 4.69) is 25.3 Å². The third-order valence-electron chi connectivity index (χ3n) is 0.434. The van der Waals surface area contributed by atoms with E-state index in [-0.39, 0.29) is 11.5 Å². The van der Waals surface area contributed by atoms with Crippen LogP contribution in [-0.4, -0.2) is 61.9 Å². The second-order valence-corrected chi connectivity index (χ2v) is 2.40. The van der Waals surface area contributed by atoms with Crippen LogP contribution in [0.4, 0.5) is 0 Å². The Bertz CT molecular complexity index is 148. The molecule has 0 aromatic heterocycles. The van der Waals surface area contributed by atoms with Crippen LogP contribution >= 0.6 is 25.3 Å². The summed E-state index contributed by atoms with van der Waals surface area (Å²) in [4.78, 5) is 18.6. The standard InChI is InChI=1S/C2H6O3.2C2H4O2S/c3-1-2(4)5;2*3-2(4)1-5/h2-5H,1H2;2*5H,1H2,(H,3,4). The molecule has 9 heteroatoms. The number of rotatable bonds is 3. The number of aliphatic carboxylic acids is 2. The zero-order valence-corrected chi connectivity index (χ0v) is 9.43. The van der Waals surface area contributed by atoms with Gasteiger partial charge in [-0.2, -0.15) is 25.3 Å². The summed E-state index contributed by atoms with van der Waals surface area (Å²) in [5.74, 6) is -1.93. The Morgan fingerprint density at radius 2 is 1.13 bits per heavy atom. The second-order valence-electron chi connectivity index (χ2n) is 1.77.